The van der Waals surface area contributed by atoms with E-state index in [9.17, 15) is 9.90 Å². The molecule has 1 aliphatic carbocycles. The monoisotopic (exact) mass is 208 g/mol. The van der Waals surface area contributed by atoms with E-state index in [0.717, 1.165) is 5.56 Å². The molecule has 0 aliphatic heterocycles. The molecule has 2 N–H and O–H groups in total. The smallest absolute Gasteiger partial charge is 0.309 e. The number of carboxylic acid groups (broad SMARTS) is 1. The molecular weight excluding hydrogens is 196 g/mol. The number of methoxy groups -OCH3 is 1. The van der Waals surface area contributed by atoms with Crippen LogP contribution in [0.5, 0.6) is 5.75 Å². The normalized spacial score (nSPS) is 23.6. The largest absolute Gasteiger partial charge is 0.497 e. The van der Waals surface area contributed by atoms with Crippen LogP contribution in [-0.2, 0) is 11.2 Å². The Morgan fingerprint density at radius 3 is 2.87 bits per heavy atom. The van der Waals surface area contributed by atoms with Crippen molar-refractivity contribution in [3.63, 3.8) is 0 Å². The molecule has 1 aromatic carbocycles. The first kappa shape index (κ1) is 9.98. The Kier molecular flexibility index (Phi) is 2.36. The summed E-state index contributed by atoms with van der Waals surface area (Å²) in [5.74, 6) is -1.00. The molecule has 0 bridgehead atoms. The van der Waals surface area contributed by atoms with E-state index in [1.54, 1.807) is 25.3 Å². The molecule has 1 aromatic rings. The van der Waals surface area contributed by atoms with Crippen LogP contribution in [-0.4, -0.2) is 23.3 Å². The molecular formula is C11H12O4. The van der Waals surface area contributed by atoms with E-state index in [1.807, 2.05) is 0 Å². The maximum absolute atomic E-state index is 10.8. The Hall–Kier alpha value is -1.55. The molecule has 0 saturated heterocycles. The molecule has 0 amide bonds. The van der Waals surface area contributed by atoms with Crippen LogP contribution in [0.2, 0.25) is 0 Å². The average Bonchev–Trinajstić information content (AvgIpc) is 2.55. The van der Waals surface area contributed by atoms with Crippen molar-refractivity contribution in [2.75, 3.05) is 7.11 Å². The maximum Gasteiger partial charge on any atom is 0.309 e. The minimum atomic E-state index is -0.960. The SMILES string of the molecule is COc1ccc2c(c1)CC(C(=O)O)C2O. The second-order valence-corrected chi connectivity index (χ2v) is 3.66. The van der Waals surface area contributed by atoms with E-state index in [1.165, 1.54) is 0 Å². The van der Waals surface area contributed by atoms with Crippen molar-refractivity contribution in [2.45, 2.75) is 12.5 Å². The highest BCUT2D eigenvalue weighted by molar-refractivity contribution is 5.73. The first-order valence-corrected chi connectivity index (χ1v) is 4.71. The van der Waals surface area contributed by atoms with Gasteiger partial charge < -0.3 is 14.9 Å². The number of carboxylic acids is 1. The molecule has 0 radical (unpaired) electrons. The van der Waals surface area contributed by atoms with Crippen molar-refractivity contribution < 1.29 is 19.7 Å². The second kappa shape index (κ2) is 3.55. The number of hydrogen-bond acceptors (Lipinski definition) is 3. The van der Waals surface area contributed by atoms with E-state index >= 15 is 0 Å². The van der Waals surface area contributed by atoms with Crippen LogP contribution in [0, 0.1) is 5.92 Å². The van der Waals surface area contributed by atoms with Crippen molar-refractivity contribution in [1.29, 1.82) is 0 Å². The lowest BCUT2D eigenvalue weighted by molar-refractivity contribution is -0.145. The third-order valence-electron chi connectivity index (χ3n) is 2.81. The highest BCUT2D eigenvalue weighted by atomic mass is 16.5. The Morgan fingerprint density at radius 2 is 2.27 bits per heavy atom. The molecule has 2 rings (SSSR count). The summed E-state index contributed by atoms with van der Waals surface area (Å²) in [6, 6.07) is 5.23. The summed E-state index contributed by atoms with van der Waals surface area (Å²) in [5, 5.41) is 18.6. The van der Waals surface area contributed by atoms with Crippen LogP contribution in [0.1, 0.15) is 17.2 Å². The molecule has 0 saturated carbocycles. The van der Waals surface area contributed by atoms with Gasteiger partial charge in [-0.1, -0.05) is 6.07 Å². The summed E-state index contributed by atoms with van der Waals surface area (Å²) >= 11 is 0. The lowest BCUT2D eigenvalue weighted by atomic mass is 10.0. The van der Waals surface area contributed by atoms with Gasteiger partial charge in [-0.2, -0.15) is 0 Å². The van der Waals surface area contributed by atoms with Gasteiger partial charge in [0.1, 0.15) is 5.75 Å². The molecule has 0 heterocycles. The minimum Gasteiger partial charge on any atom is -0.497 e. The van der Waals surface area contributed by atoms with Crippen molar-refractivity contribution in [2.24, 2.45) is 5.92 Å². The molecule has 15 heavy (non-hydrogen) atoms. The quantitative estimate of drug-likeness (QED) is 0.760. The molecule has 4 nitrogen and oxygen atoms in total. The lowest BCUT2D eigenvalue weighted by Gasteiger charge is -2.09. The van der Waals surface area contributed by atoms with Crippen LogP contribution in [0.4, 0.5) is 0 Å². The van der Waals surface area contributed by atoms with Crippen molar-refractivity contribution in [1.82, 2.24) is 0 Å². The molecule has 0 fully saturated rings. The van der Waals surface area contributed by atoms with Crippen LogP contribution in [0.3, 0.4) is 0 Å². The number of aliphatic hydroxyl groups is 1. The lowest BCUT2D eigenvalue weighted by Crippen LogP contribution is -2.17. The van der Waals surface area contributed by atoms with Crippen molar-refractivity contribution >= 4 is 5.97 Å². The van der Waals surface area contributed by atoms with Gasteiger partial charge in [0.05, 0.1) is 19.1 Å². The van der Waals surface area contributed by atoms with Gasteiger partial charge in [0.25, 0.3) is 0 Å². The second-order valence-electron chi connectivity index (χ2n) is 3.66. The number of benzene rings is 1. The van der Waals surface area contributed by atoms with Gasteiger partial charge in [0.15, 0.2) is 0 Å². The van der Waals surface area contributed by atoms with Gasteiger partial charge in [-0.3, -0.25) is 4.79 Å². The topological polar surface area (TPSA) is 66.8 Å². The van der Waals surface area contributed by atoms with E-state index in [2.05, 4.69) is 0 Å². The van der Waals surface area contributed by atoms with Gasteiger partial charge >= 0.3 is 5.97 Å². The van der Waals surface area contributed by atoms with Crippen LogP contribution >= 0.6 is 0 Å². The van der Waals surface area contributed by atoms with E-state index in [4.69, 9.17) is 9.84 Å². The summed E-state index contributed by atoms with van der Waals surface area (Å²) in [4.78, 5) is 10.8. The summed E-state index contributed by atoms with van der Waals surface area (Å²) < 4.78 is 5.04. The molecule has 0 spiro atoms. The number of aliphatic carboxylic acids is 1. The summed E-state index contributed by atoms with van der Waals surface area (Å²) in [6.45, 7) is 0. The van der Waals surface area contributed by atoms with Gasteiger partial charge in [0, 0.05) is 0 Å². The Balaban J connectivity index is 2.36. The third-order valence-corrected chi connectivity index (χ3v) is 2.81. The average molecular weight is 208 g/mol. The molecule has 1 aliphatic rings. The van der Waals surface area contributed by atoms with Gasteiger partial charge in [0.2, 0.25) is 0 Å². The molecule has 80 valence electrons. The number of aliphatic hydroxyl groups excluding tert-OH is 1. The number of rotatable bonds is 2. The predicted molar refractivity (Wildman–Crippen MR) is 52.8 cm³/mol. The standard InChI is InChI=1S/C11H12O4/c1-15-7-2-3-8-6(4-7)5-9(10(8)12)11(13)14/h2-4,9-10,12H,5H2,1H3,(H,13,14). The van der Waals surface area contributed by atoms with Crippen LogP contribution in [0.15, 0.2) is 18.2 Å². The fourth-order valence-electron chi connectivity index (χ4n) is 1.96. The number of carbonyl (C=O) groups is 1. The molecule has 4 heteroatoms. The zero-order valence-corrected chi connectivity index (χ0v) is 8.30. The Bertz CT molecular complexity index is 400. The fourth-order valence-corrected chi connectivity index (χ4v) is 1.96. The van der Waals surface area contributed by atoms with Gasteiger partial charge in [-0.15, -0.1) is 0 Å². The Morgan fingerprint density at radius 1 is 1.53 bits per heavy atom. The van der Waals surface area contributed by atoms with E-state index in [0.29, 0.717) is 17.7 Å². The Labute approximate surface area is 87.1 Å². The first-order valence-electron chi connectivity index (χ1n) is 4.71. The van der Waals surface area contributed by atoms with Crippen molar-refractivity contribution in [3.8, 4) is 5.75 Å². The van der Waals surface area contributed by atoms with Crippen molar-refractivity contribution in [3.05, 3.63) is 29.3 Å². The zero-order chi connectivity index (χ0) is 11.0. The number of ether oxygens (including phenoxy) is 1. The molecule has 2 atom stereocenters. The first-order chi connectivity index (χ1) is 7.13. The maximum atomic E-state index is 10.8. The van der Waals surface area contributed by atoms with E-state index < -0.39 is 18.0 Å². The summed E-state index contributed by atoms with van der Waals surface area (Å²) in [5.41, 5.74) is 1.55. The number of fused-ring (bicyclic) bond motifs is 1. The molecule has 2 unspecified atom stereocenters. The third kappa shape index (κ3) is 1.57. The summed E-state index contributed by atoms with van der Waals surface area (Å²) in [7, 11) is 1.56. The number of hydrogen-bond donors (Lipinski definition) is 2. The van der Waals surface area contributed by atoms with Gasteiger partial charge in [-0.25, -0.2) is 0 Å². The highest BCUT2D eigenvalue weighted by Crippen LogP contribution is 2.37. The highest BCUT2D eigenvalue weighted by Gasteiger charge is 2.36. The molecule has 0 aromatic heterocycles. The van der Waals surface area contributed by atoms with Gasteiger partial charge in [-0.05, 0) is 29.7 Å². The van der Waals surface area contributed by atoms with Crippen LogP contribution in [0.25, 0.3) is 0 Å². The minimum absolute atomic E-state index is 0.364. The van der Waals surface area contributed by atoms with Crippen LogP contribution < -0.4 is 4.74 Å². The van der Waals surface area contributed by atoms with E-state index in [-0.39, 0.29) is 0 Å². The zero-order valence-electron chi connectivity index (χ0n) is 8.30. The predicted octanol–water partition coefficient (Wildman–Crippen LogP) is 0.985. The summed E-state index contributed by atoms with van der Waals surface area (Å²) in [6.07, 6.45) is -0.536. The fraction of sp³-hybridized carbons (Fsp3) is 0.364.